The molecule has 4 amide bonds. The number of aliphatic hydroxyl groups is 1. The van der Waals surface area contributed by atoms with Crippen molar-refractivity contribution < 1.29 is 33.8 Å². The van der Waals surface area contributed by atoms with Crippen LogP contribution in [-0.2, 0) is 21.6 Å². The van der Waals surface area contributed by atoms with Gasteiger partial charge in [0.05, 0.1) is 22.9 Å². The summed E-state index contributed by atoms with van der Waals surface area (Å²) in [6.45, 7) is 6.54. The Morgan fingerprint density at radius 1 is 0.877 bits per heavy atom. The average molecular weight is 771 g/mol. The van der Waals surface area contributed by atoms with Crippen LogP contribution in [0.5, 0.6) is 11.5 Å². The van der Waals surface area contributed by atoms with Crippen molar-refractivity contribution in [3.8, 4) is 11.5 Å². The van der Waals surface area contributed by atoms with Crippen LogP contribution in [0.4, 0.5) is 11.6 Å². The van der Waals surface area contributed by atoms with Crippen molar-refractivity contribution in [2.75, 3.05) is 23.3 Å². The Morgan fingerprint density at radius 3 is 2.28 bits per heavy atom. The molecule has 9 rings (SSSR count). The lowest BCUT2D eigenvalue weighted by Gasteiger charge is -2.57. The molecule has 57 heavy (non-hydrogen) atoms. The van der Waals surface area contributed by atoms with E-state index in [1.54, 1.807) is 24.4 Å². The van der Waals surface area contributed by atoms with Gasteiger partial charge < -0.3 is 24.8 Å². The van der Waals surface area contributed by atoms with Crippen LogP contribution in [0.25, 0.3) is 0 Å². The molecule has 1 spiro atoms. The molecule has 4 aromatic rings. The summed E-state index contributed by atoms with van der Waals surface area (Å²) < 4.78 is 12.5. The zero-order valence-electron chi connectivity index (χ0n) is 32.1. The Balaban J connectivity index is 0.758. The number of nitrogens with zero attached hydrogens (tertiary/aromatic N) is 4. The number of anilines is 2. The summed E-state index contributed by atoms with van der Waals surface area (Å²) in [5.41, 5.74) is 4.38. The summed E-state index contributed by atoms with van der Waals surface area (Å²) in [4.78, 5) is 62.7. The molecule has 2 aliphatic carbocycles. The van der Waals surface area contributed by atoms with Gasteiger partial charge in [-0.2, -0.15) is 0 Å². The number of imide groups is 2. The SMILES string of the molecule is CC(C)(c1ccc(OCc2ccnc(N3CC4(CC(O)C4)C3)n2)cc1)c1ccc(OC2CCC(Nc3ccc4c(c3)C(=O)N(C3CCC(=O)NC3=O)C4=O)C2)cc1. The van der Waals surface area contributed by atoms with Crippen LogP contribution in [0.3, 0.4) is 0 Å². The number of amides is 4. The van der Waals surface area contributed by atoms with Crippen LogP contribution < -0.4 is 25.0 Å². The lowest BCUT2D eigenvalue weighted by Crippen LogP contribution is -2.64. The number of fused-ring (bicyclic) bond motifs is 1. The molecule has 2 saturated carbocycles. The molecular weight excluding hydrogens is 725 g/mol. The molecule has 3 aliphatic heterocycles. The zero-order valence-corrected chi connectivity index (χ0v) is 32.1. The quantitative estimate of drug-likeness (QED) is 0.173. The minimum absolute atomic E-state index is 0.0219. The largest absolute Gasteiger partial charge is 0.490 e. The fourth-order valence-corrected chi connectivity index (χ4v) is 9.13. The van der Waals surface area contributed by atoms with Crippen molar-refractivity contribution >= 4 is 35.3 Å². The Hall–Kier alpha value is -5.82. The number of hydrogen-bond acceptors (Lipinski definition) is 11. The molecular formula is C44H46N6O7. The van der Waals surface area contributed by atoms with Gasteiger partial charge in [0.15, 0.2) is 0 Å². The molecule has 3 aromatic carbocycles. The molecule has 5 aliphatic rings. The lowest BCUT2D eigenvalue weighted by atomic mass is 9.62. The number of carbonyl (C=O) groups is 4. The maximum atomic E-state index is 13.3. The highest BCUT2D eigenvalue weighted by Gasteiger charge is 2.52. The summed E-state index contributed by atoms with van der Waals surface area (Å²) >= 11 is 0. The number of aromatic nitrogens is 2. The predicted octanol–water partition coefficient (Wildman–Crippen LogP) is 5.16. The van der Waals surface area contributed by atoms with E-state index >= 15 is 0 Å². The van der Waals surface area contributed by atoms with Crippen LogP contribution >= 0.6 is 0 Å². The summed E-state index contributed by atoms with van der Waals surface area (Å²) in [5.74, 6) is 0.240. The van der Waals surface area contributed by atoms with E-state index < -0.39 is 29.7 Å². The van der Waals surface area contributed by atoms with Crippen LogP contribution in [0.15, 0.2) is 79.0 Å². The van der Waals surface area contributed by atoms with Crippen molar-refractivity contribution in [1.82, 2.24) is 20.2 Å². The van der Waals surface area contributed by atoms with Crippen LogP contribution in [-0.4, -0.2) is 81.0 Å². The highest BCUT2D eigenvalue weighted by molar-refractivity contribution is 6.23. The fourth-order valence-electron chi connectivity index (χ4n) is 9.13. The molecule has 1 aromatic heterocycles. The van der Waals surface area contributed by atoms with E-state index in [-0.39, 0.29) is 53.0 Å². The molecule has 2 saturated heterocycles. The third kappa shape index (κ3) is 7.09. The number of rotatable bonds is 11. The second-order valence-corrected chi connectivity index (χ2v) is 16.8. The molecule has 13 nitrogen and oxygen atoms in total. The van der Waals surface area contributed by atoms with Crippen LogP contribution in [0.2, 0.25) is 0 Å². The molecule has 3 unspecified atom stereocenters. The monoisotopic (exact) mass is 770 g/mol. The first kappa shape index (κ1) is 36.8. The molecule has 13 heteroatoms. The smallest absolute Gasteiger partial charge is 0.262 e. The van der Waals surface area contributed by atoms with Crippen LogP contribution in [0, 0.1) is 5.41 Å². The van der Waals surface area contributed by atoms with E-state index in [1.807, 2.05) is 30.3 Å². The van der Waals surface area contributed by atoms with E-state index in [4.69, 9.17) is 14.5 Å². The number of aliphatic hydroxyl groups excluding tert-OH is 1. The van der Waals surface area contributed by atoms with Crippen molar-refractivity contribution in [3.63, 3.8) is 0 Å². The highest BCUT2D eigenvalue weighted by Crippen LogP contribution is 2.49. The standard InChI is InChI=1S/C44H46N6O7/c1-43(2,26-3-9-32(10-4-26)56-23-30-17-18-45-42(47-30)49-24-44(25-49)21-31(51)22-44)27-5-11-33(12-6-27)57-34-13-7-28(19-34)46-29-8-14-35-36(20-29)41(55)50(40(35)54)37-15-16-38(52)48-39(37)53/h3-6,8-12,14,17-18,20,28,31,34,37,46,51H,7,13,15-16,19,21-25H2,1-2H3,(H,48,52,53). The maximum Gasteiger partial charge on any atom is 0.262 e. The number of ether oxygens (including phenoxy) is 2. The second kappa shape index (κ2) is 14.3. The molecule has 0 bridgehead atoms. The van der Waals surface area contributed by atoms with Crippen molar-refractivity contribution in [2.45, 2.75) is 95.1 Å². The van der Waals surface area contributed by atoms with Gasteiger partial charge in [-0.1, -0.05) is 38.1 Å². The summed E-state index contributed by atoms with van der Waals surface area (Å²) in [6, 6.07) is 22.6. The average Bonchev–Trinajstić information content (AvgIpc) is 3.71. The van der Waals surface area contributed by atoms with Gasteiger partial charge in [-0.15, -0.1) is 0 Å². The molecule has 0 radical (unpaired) electrons. The van der Waals surface area contributed by atoms with Gasteiger partial charge >= 0.3 is 0 Å². The normalized spacial score (nSPS) is 22.9. The van der Waals surface area contributed by atoms with Gasteiger partial charge in [0.1, 0.15) is 30.3 Å². The minimum atomic E-state index is -0.989. The van der Waals surface area contributed by atoms with E-state index in [0.29, 0.717) is 6.61 Å². The number of benzene rings is 3. The van der Waals surface area contributed by atoms with E-state index in [2.05, 4.69) is 58.6 Å². The first-order valence-corrected chi connectivity index (χ1v) is 19.8. The lowest BCUT2D eigenvalue weighted by molar-refractivity contribution is -0.136. The molecule has 4 fully saturated rings. The highest BCUT2D eigenvalue weighted by atomic mass is 16.5. The third-order valence-electron chi connectivity index (χ3n) is 12.4. The van der Waals surface area contributed by atoms with Gasteiger partial charge in [0.2, 0.25) is 17.8 Å². The van der Waals surface area contributed by atoms with E-state index in [9.17, 15) is 24.3 Å². The fraction of sp³-hybridized carbons (Fsp3) is 0.409. The Morgan fingerprint density at radius 2 is 1.58 bits per heavy atom. The molecule has 3 atom stereocenters. The van der Waals surface area contributed by atoms with Crippen molar-refractivity contribution in [3.05, 3.63) is 107 Å². The molecule has 294 valence electrons. The van der Waals surface area contributed by atoms with Gasteiger partial charge in [-0.05, 0) is 91.8 Å². The van der Waals surface area contributed by atoms with Gasteiger partial charge in [-0.3, -0.25) is 29.4 Å². The van der Waals surface area contributed by atoms with Gasteiger partial charge in [-0.25, -0.2) is 9.97 Å². The van der Waals surface area contributed by atoms with E-state index in [1.165, 1.54) is 0 Å². The topological polar surface area (TPSA) is 163 Å². The number of hydrogen-bond donors (Lipinski definition) is 3. The zero-order chi connectivity index (χ0) is 39.5. The minimum Gasteiger partial charge on any atom is -0.490 e. The maximum absolute atomic E-state index is 13.3. The Labute approximate surface area is 330 Å². The van der Waals surface area contributed by atoms with Gasteiger partial charge in [0.25, 0.3) is 11.8 Å². The predicted molar refractivity (Wildman–Crippen MR) is 210 cm³/mol. The second-order valence-electron chi connectivity index (χ2n) is 16.8. The summed E-state index contributed by atoms with van der Waals surface area (Å²) in [6.07, 6.45) is 6.12. The van der Waals surface area contributed by atoms with E-state index in [0.717, 1.165) is 90.0 Å². The number of carbonyl (C=O) groups excluding carboxylic acids is 4. The van der Waals surface area contributed by atoms with Gasteiger partial charge in [0, 0.05) is 54.7 Å². The Kier molecular flexibility index (Phi) is 9.22. The van der Waals surface area contributed by atoms with Crippen molar-refractivity contribution in [2.24, 2.45) is 5.41 Å². The summed E-state index contributed by atoms with van der Waals surface area (Å²) in [7, 11) is 0. The number of piperidine rings is 1. The Bertz CT molecular complexity index is 2230. The first-order valence-electron chi connectivity index (χ1n) is 19.8. The first-order chi connectivity index (χ1) is 27.4. The number of nitrogens with one attached hydrogen (secondary N) is 2. The molecule has 4 heterocycles. The third-order valence-corrected chi connectivity index (χ3v) is 12.4. The van der Waals surface area contributed by atoms with Crippen LogP contribution in [0.1, 0.15) is 96.3 Å². The molecule has 3 N–H and O–H groups in total. The summed E-state index contributed by atoms with van der Waals surface area (Å²) in [5, 5.41) is 15.4. The van der Waals surface area contributed by atoms with Crippen molar-refractivity contribution in [1.29, 1.82) is 0 Å².